The first-order valence-corrected chi connectivity index (χ1v) is 4.22. The van der Waals surface area contributed by atoms with Crippen LogP contribution in [0.2, 0.25) is 5.02 Å². The van der Waals surface area contributed by atoms with Crippen LogP contribution < -0.4 is 5.73 Å². The zero-order valence-electron chi connectivity index (χ0n) is 7.87. The molecule has 3 nitrogen and oxygen atoms in total. The number of esters is 1. The standard InChI is InChI=1S/C9H9ClFNO2.ClH/c1-14-9(13)8(12)5-2-3-7(11)6(10)4-5;/h2-4,8H,12H2,1H3;1H. The van der Waals surface area contributed by atoms with Gasteiger partial charge in [0, 0.05) is 0 Å². The minimum Gasteiger partial charge on any atom is -0.468 e. The highest BCUT2D eigenvalue weighted by molar-refractivity contribution is 6.30. The molecule has 6 heteroatoms. The highest BCUT2D eigenvalue weighted by atomic mass is 35.5. The van der Waals surface area contributed by atoms with Crippen molar-refractivity contribution < 1.29 is 13.9 Å². The molecule has 0 heterocycles. The minimum absolute atomic E-state index is 0. The van der Waals surface area contributed by atoms with Gasteiger partial charge in [-0.05, 0) is 17.7 Å². The third-order valence-electron chi connectivity index (χ3n) is 1.76. The van der Waals surface area contributed by atoms with E-state index in [0.717, 1.165) is 6.07 Å². The van der Waals surface area contributed by atoms with E-state index in [-0.39, 0.29) is 17.4 Å². The highest BCUT2D eigenvalue weighted by Gasteiger charge is 2.16. The normalized spacial score (nSPS) is 11.5. The Morgan fingerprint density at radius 2 is 2.20 bits per heavy atom. The molecule has 1 rings (SSSR count). The van der Waals surface area contributed by atoms with Crippen LogP contribution in [0.5, 0.6) is 0 Å². The molecule has 1 unspecified atom stereocenters. The molecule has 84 valence electrons. The van der Waals surface area contributed by atoms with E-state index in [9.17, 15) is 9.18 Å². The van der Waals surface area contributed by atoms with Crippen molar-refractivity contribution in [1.82, 2.24) is 0 Å². The maximum absolute atomic E-state index is 12.8. The smallest absolute Gasteiger partial charge is 0.327 e. The van der Waals surface area contributed by atoms with Crippen molar-refractivity contribution in [3.05, 3.63) is 34.6 Å². The molecule has 0 aliphatic carbocycles. The Kier molecular flexibility index (Phi) is 5.57. The molecule has 1 atom stereocenters. The van der Waals surface area contributed by atoms with Crippen LogP contribution in [-0.4, -0.2) is 13.1 Å². The number of ether oxygens (including phenoxy) is 1. The number of nitrogens with two attached hydrogens (primary N) is 1. The first kappa shape index (κ1) is 14.2. The number of methoxy groups -OCH3 is 1. The molecular formula is C9H10Cl2FNO2. The Hall–Kier alpha value is -0.840. The molecule has 0 bridgehead atoms. The molecular weight excluding hydrogens is 244 g/mol. The van der Waals surface area contributed by atoms with Gasteiger partial charge >= 0.3 is 5.97 Å². The number of carbonyl (C=O) groups excluding carboxylic acids is 1. The van der Waals surface area contributed by atoms with Crippen LogP contribution in [0.15, 0.2) is 18.2 Å². The average Bonchev–Trinajstić information content (AvgIpc) is 2.20. The summed E-state index contributed by atoms with van der Waals surface area (Å²) in [5, 5.41) is -0.0677. The molecule has 15 heavy (non-hydrogen) atoms. The number of benzene rings is 1. The molecule has 0 aromatic heterocycles. The maximum atomic E-state index is 12.8. The summed E-state index contributed by atoms with van der Waals surface area (Å²) in [6, 6.07) is 2.92. The maximum Gasteiger partial charge on any atom is 0.327 e. The lowest BCUT2D eigenvalue weighted by Crippen LogP contribution is -2.22. The van der Waals surface area contributed by atoms with Gasteiger partial charge < -0.3 is 10.5 Å². The van der Waals surface area contributed by atoms with E-state index in [4.69, 9.17) is 17.3 Å². The van der Waals surface area contributed by atoms with E-state index in [0.29, 0.717) is 5.56 Å². The fourth-order valence-corrected chi connectivity index (χ4v) is 1.16. The molecule has 0 saturated carbocycles. The van der Waals surface area contributed by atoms with Gasteiger partial charge in [-0.1, -0.05) is 17.7 Å². The fourth-order valence-electron chi connectivity index (χ4n) is 0.969. The van der Waals surface area contributed by atoms with Crippen LogP contribution in [0.25, 0.3) is 0 Å². The molecule has 1 aromatic rings. The lowest BCUT2D eigenvalue weighted by atomic mass is 10.1. The van der Waals surface area contributed by atoms with Gasteiger partial charge in [0.25, 0.3) is 0 Å². The number of halogens is 3. The fraction of sp³-hybridized carbons (Fsp3) is 0.222. The molecule has 0 aliphatic heterocycles. The Bertz CT molecular complexity index is 360. The predicted octanol–water partition coefficient (Wildman–Crippen LogP) is 2.07. The predicted molar refractivity (Wildman–Crippen MR) is 57.6 cm³/mol. The quantitative estimate of drug-likeness (QED) is 0.822. The van der Waals surface area contributed by atoms with Crippen LogP contribution >= 0.6 is 24.0 Å². The summed E-state index contributed by atoms with van der Waals surface area (Å²) >= 11 is 5.52. The molecule has 2 N–H and O–H groups in total. The van der Waals surface area contributed by atoms with E-state index >= 15 is 0 Å². The molecule has 0 spiro atoms. The Labute approximate surface area is 97.8 Å². The van der Waals surface area contributed by atoms with Crippen LogP contribution in [-0.2, 0) is 9.53 Å². The molecule has 0 aliphatic rings. The van der Waals surface area contributed by atoms with Crippen LogP contribution in [0.1, 0.15) is 11.6 Å². The second kappa shape index (κ2) is 5.90. The van der Waals surface area contributed by atoms with Gasteiger partial charge in [0.1, 0.15) is 11.9 Å². The summed E-state index contributed by atoms with van der Waals surface area (Å²) in [6.45, 7) is 0. The summed E-state index contributed by atoms with van der Waals surface area (Å²) in [7, 11) is 1.23. The zero-order valence-corrected chi connectivity index (χ0v) is 9.44. The number of carbonyl (C=O) groups is 1. The number of hydrogen-bond acceptors (Lipinski definition) is 3. The molecule has 0 saturated heterocycles. The molecule has 0 radical (unpaired) electrons. The van der Waals surface area contributed by atoms with Crippen molar-refractivity contribution >= 4 is 30.0 Å². The monoisotopic (exact) mass is 253 g/mol. The summed E-state index contributed by atoms with van der Waals surface area (Å²) in [4.78, 5) is 11.0. The van der Waals surface area contributed by atoms with Gasteiger partial charge in [0.05, 0.1) is 12.1 Å². The van der Waals surface area contributed by atoms with Gasteiger partial charge in [-0.3, -0.25) is 4.79 Å². The van der Waals surface area contributed by atoms with Gasteiger partial charge in [-0.25, -0.2) is 4.39 Å². The van der Waals surface area contributed by atoms with Crippen molar-refractivity contribution in [2.45, 2.75) is 6.04 Å². The van der Waals surface area contributed by atoms with E-state index in [2.05, 4.69) is 4.74 Å². The topological polar surface area (TPSA) is 52.3 Å². The average molecular weight is 254 g/mol. The van der Waals surface area contributed by atoms with Crippen molar-refractivity contribution in [3.8, 4) is 0 Å². The largest absolute Gasteiger partial charge is 0.468 e. The molecule has 0 fully saturated rings. The zero-order chi connectivity index (χ0) is 10.7. The van der Waals surface area contributed by atoms with Gasteiger partial charge in [-0.2, -0.15) is 0 Å². The van der Waals surface area contributed by atoms with Crippen LogP contribution in [0.3, 0.4) is 0 Å². The Balaban J connectivity index is 0.00000196. The Morgan fingerprint density at radius 1 is 1.60 bits per heavy atom. The second-order valence-corrected chi connectivity index (χ2v) is 3.08. The van der Waals surface area contributed by atoms with Crippen LogP contribution in [0, 0.1) is 5.82 Å². The van der Waals surface area contributed by atoms with Crippen molar-refractivity contribution in [2.75, 3.05) is 7.11 Å². The van der Waals surface area contributed by atoms with E-state index in [1.54, 1.807) is 0 Å². The van der Waals surface area contributed by atoms with E-state index < -0.39 is 17.8 Å². The van der Waals surface area contributed by atoms with Crippen molar-refractivity contribution in [3.63, 3.8) is 0 Å². The summed E-state index contributed by atoms with van der Waals surface area (Å²) in [5.41, 5.74) is 5.93. The lowest BCUT2D eigenvalue weighted by molar-refractivity contribution is -0.142. The molecule has 0 amide bonds. The third-order valence-corrected chi connectivity index (χ3v) is 2.05. The third kappa shape index (κ3) is 3.34. The summed E-state index contributed by atoms with van der Waals surface area (Å²) in [5.74, 6) is -1.14. The van der Waals surface area contributed by atoms with Crippen molar-refractivity contribution in [2.24, 2.45) is 5.73 Å². The molecule has 1 aromatic carbocycles. The number of hydrogen-bond donors (Lipinski definition) is 1. The minimum atomic E-state index is -0.932. The van der Waals surface area contributed by atoms with E-state index in [1.165, 1.54) is 19.2 Å². The van der Waals surface area contributed by atoms with Crippen molar-refractivity contribution in [1.29, 1.82) is 0 Å². The first-order chi connectivity index (χ1) is 6.56. The lowest BCUT2D eigenvalue weighted by Gasteiger charge is -2.09. The van der Waals surface area contributed by atoms with Gasteiger partial charge in [-0.15, -0.1) is 12.4 Å². The summed E-state index contributed by atoms with van der Waals surface area (Å²) < 4.78 is 17.2. The summed E-state index contributed by atoms with van der Waals surface area (Å²) in [6.07, 6.45) is 0. The highest BCUT2D eigenvalue weighted by Crippen LogP contribution is 2.20. The Morgan fingerprint density at radius 3 is 2.67 bits per heavy atom. The van der Waals surface area contributed by atoms with Gasteiger partial charge in [0.2, 0.25) is 0 Å². The van der Waals surface area contributed by atoms with Gasteiger partial charge in [0.15, 0.2) is 0 Å². The second-order valence-electron chi connectivity index (χ2n) is 2.67. The number of rotatable bonds is 2. The van der Waals surface area contributed by atoms with Crippen LogP contribution in [0.4, 0.5) is 4.39 Å². The SMILES string of the molecule is COC(=O)C(N)c1ccc(F)c(Cl)c1.Cl. The first-order valence-electron chi connectivity index (χ1n) is 3.84. The van der Waals surface area contributed by atoms with E-state index in [1.807, 2.05) is 0 Å².